The number of nitrogens with zero attached hydrogens (tertiary/aromatic N) is 6. The van der Waals surface area contributed by atoms with Gasteiger partial charge in [0.25, 0.3) is 5.78 Å². The number of para-hydroxylation sites is 1. The van der Waals surface area contributed by atoms with Gasteiger partial charge in [0.15, 0.2) is 5.13 Å². The molecule has 0 unspecified atom stereocenters. The summed E-state index contributed by atoms with van der Waals surface area (Å²) in [5.74, 6) is 0.665. The first kappa shape index (κ1) is 19.8. The van der Waals surface area contributed by atoms with Crippen molar-refractivity contribution in [1.82, 2.24) is 24.6 Å². The number of thiazole rings is 1. The SMILES string of the molecule is CCN(C(=O)CCc1c(C)nc2nc(SC)nn2c1C)c1nc2ccccc2s1. The summed E-state index contributed by atoms with van der Waals surface area (Å²) in [5.41, 5.74) is 3.85. The monoisotopic (exact) mass is 426 g/mol. The Hall–Kier alpha value is -2.52. The lowest BCUT2D eigenvalue weighted by molar-refractivity contribution is -0.118. The van der Waals surface area contributed by atoms with Crippen LogP contribution < -0.4 is 4.90 Å². The molecule has 0 fully saturated rings. The highest BCUT2D eigenvalue weighted by Crippen LogP contribution is 2.29. The van der Waals surface area contributed by atoms with Crippen LogP contribution in [0.25, 0.3) is 16.0 Å². The van der Waals surface area contributed by atoms with E-state index in [0.29, 0.717) is 30.3 Å². The number of amides is 1. The van der Waals surface area contributed by atoms with E-state index in [4.69, 9.17) is 0 Å². The van der Waals surface area contributed by atoms with Crippen LogP contribution in [0, 0.1) is 13.8 Å². The van der Waals surface area contributed by atoms with Crippen molar-refractivity contribution >= 4 is 50.1 Å². The molecule has 0 bridgehead atoms. The third-order valence-corrected chi connectivity index (χ3v) is 6.53. The topological polar surface area (TPSA) is 76.3 Å². The maximum Gasteiger partial charge on any atom is 0.253 e. The number of aryl methyl sites for hydroxylation is 2. The summed E-state index contributed by atoms with van der Waals surface area (Å²) in [6.07, 6.45) is 2.94. The van der Waals surface area contributed by atoms with Gasteiger partial charge >= 0.3 is 0 Å². The fourth-order valence-electron chi connectivity index (χ4n) is 3.40. The summed E-state index contributed by atoms with van der Waals surface area (Å²) < 4.78 is 2.86. The van der Waals surface area contributed by atoms with E-state index in [1.165, 1.54) is 11.8 Å². The van der Waals surface area contributed by atoms with Gasteiger partial charge in [-0.3, -0.25) is 9.69 Å². The largest absolute Gasteiger partial charge is 0.288 e. The molecule has 0 N–H and O–H groups in total. The van der Waals surface area contributed by atoms with Crippen LogP contribution >= 0.6 is 23.1 Å². The van der Waals surface area contributed by atoms with E-state index >= 15 is 0 Å². The molecule has 1 aromatic carbocycles. The van der Waals surface area contributed by atoms with Crippen LogP contribution in [0.2, 0.25) is 0 Å². The molecule has 9 heteroatoms. The minimum atomic E-state index is 0.0637. The second-order valence-electron chi connectivity index (χ2n) is 6.67. The Balaban J connectivity index is 1.56. The van der Waals surface area contributed by atoms with Crippen molar-refractivity contribution in [1.29, 1.82) is 0 Å². The molecule has 0 saturated heterocycles. The molecule has 0 aliphatic heterocycles. The van der Waals surface area contributed by atoms with Crippen LogP contribution in [0.4, 0.5) is 5.13 Å². The molecule has 29 heavy (non-hydrogen) atoms. The number of anilines is 1. The van der Waals surface area contributed by atoms with Crippen LogP contribution in [0.1, 0.15) is 30.3 Å². The first-order valence-electron chi connectivity index (χ1n) is 9.44. The van der Waals surface area contributed by atoms with Crippen LogP contribution in [0.15, 0.2) is 29.4 Å². The summed E-state index contributed by atoms with van der Waals surface area (Å²) in [6.45, 7) is 6.54. The van der Waals surface area contributed by atoms with Gasteiger partial charge in [-0.05, 0) is 51.1 Å². The smallest absolute Gasteiger partial charge is 0.253 e. The zero-order valence-electron chi connectivity index (χ0n) is 16.8. The molecule has 150 valence electrons. The Morgan fingerprint density at radius 3 is 2.72 bits per heavy atom. The Morgan fingerprint density at radius 1 is 1.21 bits per heavy atom. The van der Waals surface area contributed by atoms with Gasteiger partial charge in [-0.25, -0.2) is 14.5 Å². The van der Waals surface area contributed by atoms with E-state index < -0.39 is 0 Å². The highest BCUT2D eigenvalue weighted by atomic mass is 32.2. The Labute approximate surface area is 177 Å². The predicted molar refractivity (Wildman–Crippen MR) is 118 cm³/mol. The highest BCUT2D eigenvalue weighted by molar-refractivity contribution is 7.98. The minimum Gasteiger partial charge on any atom is -0.288 e. The number of fused-ring (bicyclic) bond motifs is 2. The van der Waals surface area contributed by atoms with Crippen molar-refractivity contribution in [2.75, 3.05) is 17.7 Å². The van der Waals surface area contributed by atoms with Gasteiger partial charge in [-0.2, -0.15) is 4.98 Å². The van der Waals surface area contributed by atoms with Gasteiger partial charge in [0.2, 0.25) is 11.1 Å². The average molecular weight is 427 g/mol. The van der Waals surface area contributed by atoms with Crippen LogP contribution in [0.5, 0.6) is 0 Å². The number of hydrogen-bond donors (Lipinski definition) is 0. The van der Waals surface area contributed by atoms with E-state index in [9.17, 15) is 4.79 Å². The number of carbonyl (C=O) groups is 1. The molecular formula is C20H22N6OS2. The zero-order valence-corrected chi connectivity index (χ0v) is 18.5. The molecule has 0 aliphatic rings. The third-order valence-electron chi connectivity index (χ3n) is 4.93. The lowest BCUT2D eigenvalue weighted by Crippen LogP contribution is -2.30. The molecule has 0 aliphatic carbocycles. The summed E-state index contributed by atoms with van der Waals surface area (Å²) in [5, 5.41) is 5.93. The predicted octanol–water partition coefficient (Wildman–Crippen LogP) is 4.06. The second kappa shape index (κ2) is 8.08. The molecular weight excluding hydrogens is 404 g/mol. The van der Waals surface area contributed by atoms with Gasteiger partial charge in [0, 0.05) is 24.4 Å². The molecule has 3 aromatic heterocycles. The van der Waals surface area contributed by atoms with E-state index in [1.807, 2.05) is 51.3 Å². The van der Waals surface area contributed by atoms with E-state index in [-0.39, 0.29) is 5.91 Å². The van der Waals surface area contributed by atoms with Gasteiger partial charge in [-0.1, -0.05) is 35.2 Å². The third kappa shape index (κ3) is 3.72. The van der Waals surface area contributed by atoms with Gasteiger partial charge in [-0.15, -0.1) is 5.10 Å². The molecule has 0 radical (unpaired) electrons. The molecule has 7 nitrogen and oxygen atoms in total. The van der Waals surface area contributed by atoms with Crippen LogP contribution in [-0.4, -0.2) is 43.3 Å². The Kier molecular flexibility index (Phi) is 5.51. The average Bonchev–Trinajstić information content (AvgIpc) is 3.32. The fraction of sp³-hybridized carbons (Fsp3) is 0.350. The van der Waals surface area contributed by atoms with Crippen molar-refractivity contribution in [3.8, 4) is 0 Å². The fourth-order valence-corrected chi connectivity index (χ4v) is 4.78. The Morgan fingerprint density at radius 2 is 2.00 bits per heavy atom. The number of aromatic nitrogens is 5. The molecule has 4 aromatic rings. The van der Waals surface area contributed by atoms with Crippen molar-refractivity contribution in [3.05, 3.63) is 41.2 Å². The van der Waals surface area contributed by atoms with Gasteiger partial charge < -0.3 is 0 Å². The van der Waals surface area contributed by atoms with E-state index in [0.717, 1.165) is 32.3 Å². The summed E-state index contributed by atoms with van der Waals surface area (Å²) >= 11 is 3.04. The standard InChI is InChI=1S/C20H22N6OS2/c1-5-25(20-22-15-8-6-7-9-16(15)29-20)17(27)11-10-14-12(2)21-18-23-19(28-4)24-26(18)13(14)3/h6-9H,5,10-11H2,1-4H3. The van der Waals surface area contributed by atoms with Crippen LogP contribution in [-0.2, 0) is 11.2 Å². The number of rotatable bonds is 6. The first-order chi connectivity index (χ1) is 14.0. The normalized spacial score (nSPS) is 11.4. The molecule has 0 spiro atoms. The highest BCUT2D eigenvalue weighted by Gasteiger charge is 2.20. The minimum absolute atomic E-state index is 0.0637. The summed E-state index contributed by atoms with van der Waals surface area (Å²) in [7, 11) is 0. The maximum absolute atomic E-state index is 13.0. The second-order valence-corrected chi connectivity index (χ2v) is 8.46. The van der Waals surface area contributed by atoms with E-state index in [1.54, 1.807) is 20.8 Å². The number of thioether (sulfide) groups is 1. The Bertz CT molecular complexity index is 1170. The quantitative estimate of drug-likeness (QED) is 0.433. The number of benzene rings is 1. The van der Waals surface area contributed by atoms with Crippen LogP contribution in [0.3, 0.4) is 0 Å². The first-order valence-corrected chi connectivity index (χ1v) is 11.5. The van der Waals surface area contributed by atoms with Crippen molar-refractivity contribution in [2.45, 2.75) is 38.8 Å². The molecule has 3 heterocycles. The summed E-state index contributed by atoms with van der Waals surface area (Å²) in [4.78, 5) is 28.4. The van der Waals surface area contributed by atoms with Crippen molar-refractivity contribution in [3.63, 3.8) is 0 Å². The zero-order chi connectivity index (χ0) is 20.5. The van der Waals surface area contributed by atoms with Crippen molar-refractivity contribution in [2.24, 2.45) is 0 Å². The van der Waals surface area contributed by atoms with E-state index in [2.05, 4.69) is 20.1 Å². The maximum atomic E-state index is 13.0. The van der Waals surface area contributed by atoms with Gasteiger partial charge in [0.1, 0.15) is 0 Å². The number of hydrogen-bond acceptors (Lipinski definition) is 7. The summed E-state index contributed by atoms with van der Waals surface area (Å²) in [6, 6.07) is 7.96. The van der Waals surface area contributed by atoms with Crippen molar-refractivity contribution < 1.29 is 4.79 Å². The molecule has 4 rings (SSSR count). The number of carbonyl (C=O) groups excluding carboxylic acids is 1. The van der Waals surface area contributed by atoms with Gasteiger partial charge in [0.05, 0.1) is 10.2 Å². The molecule has 0 atom stereocenters. The lowest BCUT2D eigenvalue weighted by atomic mass is 10.1. The molecule has 1 amide bonds. The molecule has 0 saturated carbocycles. The lowest BCUT2D eigenvalue weighted by Gasteiger charge is -2.18.